The zero-order valence-corrected chi connectivity index (χ0v) is 15.8. The summed E-state index contributed by atoms with van der Waals surface area (Å²) in [5.41, 5.74) is 2.23. The number of carbonyl (C=O) groups excluding carboxylic acids is 2. The minimum Gasteiger partial charge on any atom is -0.337 e. The number of benzene rings is 1. The first-order valence-electron chi connectivity index (χ1n) is 8.39. The van der Waals surface area contributed by atoms with Gasteiger partial charge in [0.25, 0.3) is 5.91 Å². The summed E-state index contributed by atoms with van der Waals surface area (Å²) in [7, 11) is 3.80. The Morgan fingerprint density at radius 3 is 2.54 bits per heavy atom. The molecule has 0 aliphatic carbocycles. The normalized spacial score (nSPS) is 16.1. The van der Waals surface area contributed by atoms with Gasteiger partial charge in [0.2, 0.25) is 5.91 Å². The van der Waals surface area contributed by atoms with Crippen molar-refractivity contribution in [1.82, 2.24) is 9.80 Å². The molecule has 1 atom stereocenters. The predicted octanol–water partition coefficient (Wildman–Crippen LogP) is 2.46. The molecular formula is C18H27N3O2S. The molecule has 1 aromatic carbocycles. The lowest BCUT2D eigenvalue weighted by Gasteiger charge is -2.27. The van der Waals surface area contributed by atoms with Crippen molar-refractivity contribution in [2.45, 2.75) is 26.3 Å². The average molecular weight is 350 g/mol. The Kier molecular flexibility index (Phi) is 6.69. The first kappa shape index (κ1) is 18.8. The molecule has 0 spiro atoms. The summed E-state index contributed by atoms with van der Waals surface area (Å²) in [6.07, 6.45) is 0.738. The third-order valence-corrected chi connectivity index (χ3v) is 5.38. The molecule has 1 heterocycles. The fraction of sp³-hybridized carbons (Fsp3) is 0.556. The fourth-order valence-corrected chi connectivity index (χ4v) is 3.84. The zero-order chi connectivity index (χ0) is 17.7. The van der Waals surface area contributed by atoms with E-state index in [2.05, 4.69) is 5.32 Å². The molecule has 6 heteroatoms. The van der Waals surface area contributed by atoms with Crippen molar-refractivity contribution in [2.24, 2.45) is 0 Å². The number of hydrogen-bond acceptors (Lipinski definition) is 4. The maximum Gasteiger partial charge on any atom is 0.254 e. The molecule has 132 valence electrons. The molecule has 0 unspecified atom stereocenters. The van der Waals surface area contributed by atoms with Crippen LogP contribution in [0, 0.1) is 6.92 Å². The number of rotatable bonds is 5. The molecule has 0 radical (unpaired) electrons. The maximum atomic E-state index is 12.8. The van der Waals surface area contributed by atoms with Crippen LogP contribution in [0.5, 0.6) is 0 Å². The van der Waals surface area contributed by atoms with Gasteiger partial charge in [-0.3, -0.25) is 14.5 Å². The molecule has 1 aliphatic heterocycles. The molecule has 24 heavy (non-hydrogen) atoms. The number of carbonyl (C=O) groups is 2. The van der Waals surface area contributed by atoms with E-state index in [-0.39, 0.29) is 17.9 Å². The highest BCUT2D eigenvalue weighted by Gasteiger charge is 2.23. The second kappa shape index (κ2) is 8.53. The summed E-state index contributed by atoms with van der Waals surface area (Å²) in [4.78, 5) is 29.0. The molecule has 5 nitrogen and oxygen atoms in total. The lowest BCUT2D eigenvalue weighted by molar-refractivity contribution is -0.120. The summed E-state index contributed by atoms with van der Waals surface area (Å²) in [6, 6.07) is 5.37. The molecule has 1 fully saturated rings. The molecule has 1 aromatic rings. The quantitative estimate of drug-likeness (QED) is 0.887. The number of anilines is 1. The molecule has 2 amide bonds. The minimum atomic E-state index is -0.178. The average Bonchev–Trinajstić information content (AvgIpc) is 2.57. The Hall–Kier alpha value is -1.53. The Balaban J connectivity index is 2.18. The topological polar surface area (TPSA) is 52.7 Å². The summed E-state index contributed by atoms with van der Waals surface area (Å²) in [6.45, 7) is 5.47. The lowest BCUT2D eigenvalue weighted by Crippen LogP contribution is -2.39. The molecule has 1 N–H and O–H groups in total. The second-order valence-electron chi connectivity index (χ2n) is 6.26. The second-order valence-corrected chi connectivity index (χ2v) is 7.48. The number of thioether (sulfide) groups is 1. The van der Waals surface area contributed by atoms with Crippen LogP contribution in [0.15, 0.2) is 18.2 Å². The Morgan fingerprint density at radius 1 is 1.29 bits per heavy atom. The van der Waals surface area contributed by atoms with Crippen molar-refractivity contribution in [3.8, 4) is 0 Å². The van der Waals surface area contributed by atoms with Crippen molar-refractivity contribution in [3.05, 3.63) is 29.3 Å². The van der Waals surface area contributed by atoms with Crippen LogP contribution in [0.4, 0.5) is 5.69 Å². The molecule has 1 aliphatic rings. The zero-order valence-electron chi connectivity index (χ0n) is 15.0. The first-order chi connectivity index (χ1) is 11.5. The van der Waals surface area contributed by atoms with E-state index < -0.39 is 0 Å². The van der Waals surface area contributed by atoms with Gasteiger partial charge < -0.3 is 10.2 Å². The van der Waals surface area contributed by atoms with Gasteiger partial charge in [0, 0.05) is 35.8 Å². The molecular weight excluding hydrogens is 322 g/mol. The van der Waals surface area contributed by atoms with Gasteiger partial charge >= 0.3 is 0 Å². The van der Waals surface area contributed by atoms with Crippen molar-refractivity contribution < 1.29 is 9.59 Å². The summed E-state index contributed by atoms with van der Waals surface area (Å²) in [5, 5.41) is 2.99. The van der Waals surface area contributed by atoms with Gasteiger partial charge in [0.1, 0.15) is 0 Å². The van der Waals surface area contributed by atoms with Crippen molar-refractivity contribution in [3.63, 3.8) is 0 Å². The molecule has 0 saturated carbocycles. The van der Waals surface area contributed by atoms with Gasteiger partial charge in [0.05, 0.1) is 6.04 Å². The third-order valence-electron chi connectivity index (χ3n) is 4.43. The van der Waals surface area contributed by atoms with E-state index in [4.69, 9.17) is 0 Å². The van der Waals surface area contributed by atoms with E-state index in [0.29, 0.717) is 5.56 Å². The van der Waals surface area contributed by atoms with Crippen LogP contribution in [-0.4, -0.2) is 66.3 Å². The monoisotopic (exact) mass is 349 g/mol. The molecule has 0 aromatic heterocycles. The van der Waals surface area contributed by atoms with Crippen LogP contribution in [0.1, 0.15) is 29.3 Å². The number of nitrogens with zero attached hydrogens (tertiary/aromatic N) is 2. The largest absolute Gasteiger partial charge is 0.337 e. The lowest BCUT2D eigenvalue weighted by atomic mass is 10.0. The Bertz CT molecular complexity index is 598. The predicted molar refractivity (Wildman–Crippen MR) is 101 cm³/mol. The first-order valence-corrected chi connectivity index (χ1v) is 9.55. The standard InChI is InChI=1S/C18H27N3O2S/c1-5-16(20(3)4)17(22)19-15-8-6-7-14(13(15)2)18(23)21-9-11-24-12-10-21/h6-8,16H,5,9-12H2,1-4H3,(H,19,22)/t16-/m0/s1. The fourth-order valence-electron chi connectivity index (χ4n) is 2.94. The van der Waals surface area contributed by atoms with Crippen LogP contribution in [0.2, 0.25) is 0 Å². The van der Waals surface area contributed by atoms with Gasteiger partial charge in [0.15, 0.2) is 0 Å². The van der Waals surface area contributed by atoms with Crippen molar-refractivity contribution >= 4 is 29.3 Å². The van der Waals surface area contributed by atoms with Crippen LogP contribution >= 0.6 is 11.8 Å². The SMILES string of the molecule is CC[C@@H](C(=O)Nc1cccc(C(=O)N2CCSCC2)c1C)N(C)C. The van der Waals surface area contributed by atoms with Gasteiger partial charge in [-0.2, -0.15) is 11.8 Å². The number of nitrogens with one attached hydrogen (secondary N) is 1. The smallest absolute Gasteiger partial charge is 0.254 e. The van der Waals surface area contributed by atoms with Crippen LogP contribution < -0.4 is 5.32 Å². The van der Waals surface area contributed by atoms with Crippen LogP contribution in [0.3, 0.4) is 0 Å². The minimum absolute atomic E-state index is 0.0374. The van der Waals surface area contributed by atoms with E-state index in [9.17, 15) is 9.59 Å². The van der Waals surface area contributed by atoms with Gasteiger partial charge in [-0.25, -0.2) is 0 Å². The van der Waals surface area contributed by atoms with Gasteiger partial charge in [-0.05, 0) is 45.1 Å². The Morgan fingerprint density at radius 2 is 1.96 bits per heavy atom. The van der Waals surface area contributed by atoms with Crippen LogP contribution in [0.25, 0.3) is 0 Å². The van der Waals surface area contributed by atoms with Crippen molar-refractivity contribution in [2.75, 3.05) is 44.0 Å². The molecule has 2 rings (SSSR count). The van der Waals surface area contributed by atoms with Crippen molar-refractivity contribution in [1.29, 1.82) is 0 Å². The van der Waals surface area contributed by atoms with Crippen LogP contribution in [-0.2, 0) is 4.79 Å². The molecule has 0 bridgehead atoms. The highest BCUT2D eigenvalue weighted by atomic mass is 32.2. The van der Waals surface area contributed by atoms with E-state index in [1.807, 2.05) is 67.7 Å². The van der Waals surface area contributed by atoms with E-state index in [0.717, 1.165) is 42.3 Å². The Labute approximate surface area is 148 Å². The molecule has 1 saturated heterocycles. The summed E-state index contributed by atoms with van der Waals surface area (Å²) < 4.78 is 0. The summed E-state index contributed by atoms with van der Waals surface area (Å²) >= 11 is 1.88. The highest BCUT2D eigenvalue weighted by Crippen LogP contribution is 2.22. The number of likely N-dealkylation sites (N-methyl/N-ethyl adjacent to an activating group) is 1. The van der Waals surface area contributed by atoms with E-state index in [1.54, 1.807) is 0 Å². The van der Waals surface area contributed by atoms with Gasteiger partial charge in [-0.1, -0.05) is 13.0 Å². The highest BCUT2D eigenvalue weighted by molar-refractivity contribution is 7.99. The van der Waals surface area contributed by atoms with E-state index in [1.165, 1.54) is 0 Å². The maximum absolute atomic E-state index is 12.8. The van der Waals surface area contributed by atoms with Gasteiger partial charge in [-0.15, -0.1) is 0 Å². The van der Waals surface area contributed by atoms with E-state index >= 15 is 0 Å². The summed E-state index contributed by atoms with van der Waals surface area (Å²) in [5.74, 6) is 2.00. The number of hydrogen-bond donors (Lipinski definition) is 1. The number of amides is 2. The third kappa shape index (κ3) is 4.30.